The number of hydrogen-bond donors (Lipinski definition) is 3. The van der Waals surface area contributed by atoms with E-state index in [1.807, 2.05) is 6.07 Å². The molecule has 0 saturated heterocycles. The van der Waals surface area contributed by atoms with Crippen molar-refractivity contribution in [2.75, 3.05) is 17.2 Å². The van der Waals surface area contributed by atoms with Gasteiger partial charge in [0.15, 0.2) is 5.65 Å². The van der Waals surface area contributed by atoms with Crippen LogP contribution in [0.1, 0.15) is 6.42 Å². The van der Waals surface area contributed by atoms with E-state index < -0.39 is 5.82 Å². The second-order valence-corrected chi connectivity index (χ2v) is 6.96. The highest BCUT2D eigenvalue weighted by atomic mass is 19.1. The summed E-state index contributed by atoms with van der Waals surface area (Å²) in [5.74, 6) is -0.0143. The lowest BCUT2D eigenvalue weighted by atomic mass is 10.1. The van der Waals surface area contributed by atoms with Gasteiger partial charge in [0.25, 0.3) is 0 Å². The van der Waals surface area contributed by atoms with E-state index >= 15 is 0 Å². The molecule has 164 valence electrons. The normalized spacial score (nSPS) is 10.4. The fraction of sp³-hybridized carbons (Fsp3) is 0.0833. The Labute approximate surface area is 188 Å². The average Bonchev–Trinajstić information content (AvgIpc) is 3.24. The molecule has 0 aliphatic heterocycles. The number of rotatable bonds is 8. The largest absolute Gasteiger partial charge is 0.437 e. The second kappa shape index (κ2) is 9.62. The molecule has 8 nitrogen and oxygen atoms in total. The highest BCUT2D eigenvalue weighted by molar-refractivity contribution is 5.99. The molecule has 0 radical (unpaired) electrons. The first-order valence-corrected chi connectivity index (χ1v) is 10.0. The molecular weight excluding hydrogens is 423 g/mol. The Kier molecular flexibility index (Phi) is 6.27. The Balaban J connectivity index is 1.62. The lowest BCUT2D eigenvalue weighted by Crippen LogP contribution is -2.07. The lowest BCUT2D eigenvalue weighted by Gasteiger charge is -2.09. The quantitative estimate of drug-likeness (QED) is 0.261. The van der Waals surface area contributed by atoms with Gasteiger partial charge in [0.05, 0.1) is 24.4 Å². The summed E-state index contributed by atoms with van der Waals surface area (Å²) in [5.41, 5.74) is 3.40. The van der Waals surface area contributed by atoms with Gasteiger partial charge in [0, 0.05) is 30.1 Å². The van der Waals surface area contributed by atoms with E-state index in [0.717, 1.165) is 11.1 Å². The number of nitrogens with zero attached hydrogens (tertiary/aromatic N) is 3. The molecule has 0 fully saturated rings. The summed E-state index contributed by atoms with van der Waals surface area (Å²) in [4.78, 5) is 23.5. The first kappa shape index (κ1) is 21.5. The van der Waals surface area contributed by atoms with Crippen LogP contribution in [0.4, 0.5) is 15.8 Å². The summed E-state index contributed by atoms with van der Waals surface area (Å²) in [6.07, 6.45) is 4.67. The summed E-state index contributed by atoms with van der Waals surface area (Å²) in [6, 6.07) is 13.5. The lowest BCUT2D eigenvalue weighted by molar-refractivity contribution is -0.111. The first-order chi connectivity index (χ1) is 16.1. The van der Waals surface area contributed by atoms with E-state index in [2.05, 4.69) is 32.2 Å². The van der Waals surface area contributed by atoms with Crippen LogP contribution in [0.15, 0.2) is 67.5 Å². The van der Waals surface area contributed by atoms with Crippen LogP contribution in [-0.2, 0) is 4.79 Å². The third-order valence-corrected chi connectivity index (χ3v) is 4.70. The van der Waals surface area contributed by atoms with Crippen molar-refractivity contribution in [3.05, 3.63) is 73.3 Å². The Morgan fingerprint density at radius 2 is 2.18 bits per heavy atom. The Morgan fingerprint density at radius 3 is 3.00 bits per heavy atom. The number of aromatic nitrogens is 3. The van der Waals surface area contributed by atoms with E-state index in [0.29, 0.717) is 34.8 Å². The molecular formula is C24H19FN6O2. The number of nitriles is 1. The molecule has 2 aromatic heterocycles. The number of anilines is 2. The highest BCUT2D eigenvalue weighted by Crippen LogP contribution is 2.31. The van der Waals surface area contributed by atoms with E-state index in [1.165, 1.54) is 18.3 Å². The predicted octanol–water partition coefficient (Wildman–Crippen LogP) is 5.01. The Bertz CT molecular complexity index is 1380. The van der Waals surface area contributed by atoms with Crippen LogP contribution >= 0.6 is 0 Å². The smallest absolute Gasteiger partial charge is 0.247 e. The van der Waals surface area contributed by atoms with Crippen LogP contribution in [0.3, 0.4) is 0 Å². The molecule has 0 bridgehead atoms. The number of amides is 1. The molecule has 0 aliphatic carbocycles. The summed E-state index contributed by atoms with van der Waals surface area (Å²) in [6.45, 7) is 3.77. The zero-order chi connectivity index (χ0) is 23.2. The predicted molar refractivity (Wildman–Crippen MR) is 123 cm³/mol. The number of carbonyl (C=O) groups is 1. The SMILES string of the molecule is C=CC(=O)Nc1cccc(Oc2cnc3[nH]cc(-c4ccc(F)c(NCCC#N)c4)c3n2)c1. The number of nitrogens with one attached hydrogen (secondary N) is 3. The van der Waals surface area contributed by atoms with Crippen LogP contribution < -0.4 is 15.4 Å². The zero-order valence-corrected chi connectivity index (χ0v) is 17.4. The molecule has 0 spiro atoms. The summed E-state index contributed by atoms with van der Waals surface area (Å²) < 4.78 is 20.0. The van der Waals surface area contributed by atoms with Crippen LogP contribution in [0, 0.1) is 17.1 Å². The van der Waals surface area contributed by atoms with Crippen LogP contribution in [0.5, 0.6) is 11.6 Å². The maximum Gasteiger partial charge on any atom is 0.247 e. The van der Waals surface area contributed by atoms with E-state index in [4.69, 9.17) is 10.00 Å². The number of hydrogen-bond acceptors (Lipinski definition) is 6. The maximum absolute atomic E-state index is 14.2. The first-order valence-electron chi connectivity index (χ1n) is 10.0. The molecule has 1 amide bonds. The minimum atomic E-state index is -0.407. The second-order valence-electron chi connectivity index (χ2n) is 6.96. The van der Waals surface area contributed by atoms with Gasteiger partial charge in [0.1, 0.15) is 17.1 Å². The van der Waals surface area contributed by atoms with E-state index in [-0.39, 0.29) is 18.2 Å². The summed E-state index contributed by atoms with van der Waals surface area (Å²) in [7, 11) is 0. The van der Waals surface area contributed by atoms with Crippen molar-refractivity contribution in [2.45, 2.75) is 6.42 Å². The standard InChI is InChI=1S/C24H19FN6O2/c1-2-21(32)30-16-5-3-6-17(12-16)33-22-14-29-24-23(31-22)18(13-28-24)15-7-8-19(25)20(11-15)27-10-4-9-26/h2-3,5-8,11-14,27H,1,4,10H2,(H,28,29)(H,30,32). The number of benzene rings is 2. The van der Waals surface area contributed by atoms with Gasteiger partial charge in [-0.05, 0) is 35.9 Å². The molecule has 2 heterocycles. The van der Waals surface area contributed by atoms with Gasteiger partial charge in [-0.25, -0.2) is 14.4 Å². The third kappa shape index (κ3) is 4.97. The number of ether oxygens (including phenoxy) is 1. The number of aromatic amines is 1. The van der Waals surface area contributed by atoms with Crippen molar-refractivity contribution in [3.63, 3.8) is 0 Å². The number of H-pyrrole nitrogens is 1. The molecule has 3 N–H and O–H groups in total. The van der Waals surface area contributed by atoms with Crippen LogP contribution in [-0.4, -0.2) is 27.4 Å². The van der Waals surface area contributed by atoms with E-state index in [9.17, 15) is 9.18 Å². The fourth-order valence-corrected chi connectivity index (χ4v) is 3.18. The van der Waals surface area contributed by atoms with Crippen molar-refractivity contribution in [1.29, 1.82) is 5.26 Å². The van der Waals surface area contributed by atoms with Gasteiger partial charge in [-0.15, -0.1) is 0 Å². The molecule has 4 rings (SSSR count). The van der Waals surface area contributed by atoms with Gasteiger partial charge < -0.3 is 20.4 Å². The monoisotopic (exact) mass is 442 g/mol. The number of carbonyl (C=O) groups excluding carboxylic acids is 1. The van der Waals surface area contributed by atoms with Crippen molar-refractivity contribution < 1.29 is 13.9 Å². The van der Waals surface area contributed by atoms with Crippen molar-refractivity contribution >= 4 is 28.4 Å². The minimum Gasteiger partial charge on any atom is -0.437 e. The van der Waals surface area contributed by atoms with Gasteiger partial charge in [0.2, 0.25) is 11.8 Å². The molecule has 9 heteroatoms. The maximum atomic E-state index is 14.2. The third-order valence-electron chi connectivity index (χ3n) is 4.70. The van der Waals surface area contributed by atoms with Crippen molar-refractivity contribution in [1.82, 2.24) is 15.0 Å². The topological polar surface area (TPSA) is 116 Å². The molecule has 2 aromatic carbocycles. The summed E-state index contributed by atoms with van der Waals surface area (Å²) >= 11 is 0. The van der Waals surface area contributed by atoms with Crippen LogP contribution in [0.2, 0.25) is 0 Å². The summed E-state index contributed by atoms with van der Waals surface area (Å²) in [5, 5.41) is 14.3. The Morgan fingerprint density at radius 1 is 1.30 bits per heavy atom. The van der Waals surface area contributed by atoms with Crippen molar-refractivity contribution in [3.8, 4) is 28.8 Å². The molecule has 0 saturated carbocycles. The molecule has 0 atom stereocenters. The van der Waals surface area contributed by atoms with Crippen molar-refractivity contribution in [2.24, 2.45) is 0 Å². The van der Waals surface area contributed by atoms with Gasteiger partial charge in [-0.3, -0.25) is 4.79 Å². The zero-order valence-electron chi connectivity index (χ0n) is 17.4. The van der Waals surface area contributed by atoms with Gasteiger partial charge in [-0.1, -0.05) is 18.7 Å². The number of fused-ring (bicyclic) bond motifs is 1. The minimum absolute atomic E-state index is 0.255. The Hall–Kier alpha value is -4.71. The molecule has 0 aliphatic rings. The van der Waals surface area contributed by atoms with Gasteiger partial charge in [-0.2, -0.15) is 5.26 Å². The van der Waals surface area contributed by atoms with Gasteiger partial charge >= 0.3 is 0 Å². The number of halogens is 1. The molecule has 33 heavy (non-hydrogen) atoms. The fourth-order valence-electron chi connectivity index (χ4n) is 3.18. The van der Waals surface area contributed by atoms with E-state index in [1.54, 1.807) is 42.6 Å². The molecule has 4 aromatic rings. The highest BCUT2D eigenvalue weighted by Gasteiger charge is 2.13. The molecule has 0 unspecified atom stereocenters. The average molecular weight is 442 g/mol. The van der Waals surface area contributed by atoms with Crippen LogP contribution in [0.25, 0.3) is 22.3 Å².